The Balaban J connectivity index is -0.00000000500. The van der Waals surface area contributed by atoms with Gasteiger partial charge < -0.3 is 17.5 Å². The molecule has 0 aliphatic rings. The maximum absolute atomic E-state index is 8.25. The number of rotatable bonds is 0. The maximum atomic E-state index is 8.25. The van der Waals surface area contributed by atoms with Gasteiger partial charge in [-0.05, 0) is 0 Å². The third-order valence-electron chi connectivity index (χ3n) is 0. The minimum atomic E-state index is 0. The van der Waals surface area contributed by atoms with Crippen LogP contribution in [0.1, 0.15) is 0 Å². The molecule has 0 aliphatic carbocycles. The molecule has 0 bridgehead atoms. The fraction of sp³-hybridized carbons (Fsp3) is 1.00. The van der Waals surface area contributed by atoms with Crippen LogP contribution in [0.3, 0.4) is 0 Å². The smallest absolute Gasteiger partial charge is 1.00 e. The molecule has 0 unspecified atom stereocenters. The first kappa shape index (κ1) is 17.0. The van der Waals surface area contributed by atoms with Crippen molar-refractivity contribution >= 4 is 48.9 Å². The molecule has 1 nitrogen and oxygen atoms in total. The summed E-state index contributed by atoms with van der Waals surface area (Å²) in [6.45, 7) is 0. The third-order valence-corrected chi connectivity index (χ3v) is 0. The van der Waals surface area contributed by atoms with Crippen LogP contribution in [0.2, 0.25) is 0 Å². The topological polar surface area (TPSA) is 23.1 Å². The van der Waals surface area contributed by atoms with Crippen LogP contribution in [0.25, 0.3) is 0 Å². The molecule has 0 N–H and O–H groups in total. The van der Waals surface area contributed by atoms with Crippen LogP contribution in [-0.4, -0.2) is 56.0 Å². The first-order valence-electron chi connectivity index (χ1n) is 0.408. The van der Waals surface area contributed by atoms with E-state index in [0.29, 0.717) is 0 Å². The van der Waals surface area contributed by atoms with Gasteiger partial charge in [0, 0.05) is 0 Å². The van der Waals surface area contributed by atoms with Crippen molar-refractivity contribution in [3.63, 3.8) is 0 Å². The minimum Gasteiger partial charge on any atom is -1.00 e. The zero-order chi connectivity index (χ0) is 2.00. The minimum absolute atomic E-state index is 0. The summed E-state index contributed by atoms with van der Waals surface area (Å²) in [4.78, 5) is 0. The summed E-state index contributed by atoms with van der Waals surface area (Å²) in [5, 5.41) is 8.25. The summed E-state index contributed by atoms with van der Waals surface area (Å²) in [6, 6.07) is 0. The van der Waals surface area contributed by atoms with Crippen LogP contribution >= 0.6 is 0 Å². The molecule has 0 radical (unpaired) electrons. The van der Waals surface area contributed by atoms with Gasteiger partial charge in [0.05, 0.1) is 0 Å². The zero-order valence-electron chi connectivity index (χ0n) is 2.49. The van der Waals surface area contributed by atoms with Gasteiger partial charge in [0.1, 0.15) is 0 Å². The zero-order valence-corrected chi connectivity index (χ0v) is 7.69. The molecule has 0 saturated carbocycles. The predicted octanol–water partition coefficient (Wildman–Crippen LogP) is -4.40. The standard InChI is InChI=1S/CH3O.Ba.ClH/c1-2;;/h1H3;;1H/q-1;+2;/p-1. The summed E-state index contributed by atoms with van der Waals surface area (Å²) >= 11 is 0. The summed E-state index contributed by atoms with van der Waals surface area (Å²) in [7, 11) is 0.750. The molecule has 4 heavy (non-hydrogen) atoms. The molecule has 0 atom stereocenters. The Morgan fingerprint density at radius 1 is 1.25 bits per heavy atom. The predicted molar refractivity (Wildman–Crippen MR) is 11.7 cm³/mol. The van der Waals surface area contributed by atoms with Crippen molar-refractivity contribution in [1.29, 1.82) is 0 Å². The SMILES string of the molecule is C[O-].[Ba+2].[Cl-]. The van der Waals surface area contributed by atoms with E-state index < -0.39 is 0 Å². The Morgan fingerprint density at radius 2 is 1.25 bits per heavy atom. The summed E-state index contributed by atoms with van der Waals surface area (Å²) < 4.78 is 0. The quantitative estimate of drug-likeness (QED) is 0.365. The van der Waals surface area contributed by atoms with Crippen LogP contribution < -0.4 is 17.5 Å². The largest absolute Gasteiger partial charge is 2.00 e. The Bertz CT molecular complexity index is 8.00. The molecule has 0 aliphatic heterocycles. The summed E-state index contributed by atoms with van der Waals surface area (Å²) in [5.41, 5.74) is 0. The van der Waals surface area contributed by atoms with Gasteiger partial charge in [0.25, 0.3) is 0 Å². The van der Waals surface area contributed by atoms with E-state index >= 15 is 0 Å². The molecule has 0 fully saturated rings. The van der Waals surface area contributed by atoms with Gasteiger partial charge in [-0.15, -0.1) is 0 Å². The van der Waals surface area contributed by atoms with Crippen LogP contribution in [0.5, 0.6) is 0 Å². The van der Waals surface area contributed by atoms with Crippen molar-refractivity contribution in [3.8, 4) is 0 Å². The van der Waals surface area contributed by atoms with E-state index in [2.05, 4.69) is 0 Å². The Hall–Kier alpha value is 1.82. The van der Waals surface area contributed by atoms with Crippen LogP contribution in [0.4, 0.5) is 0 Å². The maximum Gasteiger partial charge on any atom is 2.00 e. The molecular formula is CH3BaClO. The molecule has 0 aromatic carbocycles. The van der Waals surface area contributed by atoms with Gasteiger partial charge >= 0.3 is 48.9 Å². The molecular weight excluding hydrogens is 201 g/mol. The van der Waals surface area contributed by atoms with Crippen molar-refractivity contribution in [2.45, 2.75) is 0 Å². The van der Waals surface area contributed by atoms with E-state index in [1.54, 1.807) is 0 Å². The van der Waals surface area contributed by atoms with Gasteiger partial charge in [-0.1, -0.05) is 0 Å². The summed E-state index contributed by atoms with van der Waals surface area (Å²) in [5.74, 6) is 0. The van der Waals surface area contributed by atoms with Crippen molar-refractivity contribution in [3.05, 3.63) is 0 Å². The van der Waals surface area contributed by atoms with Gasteiger partial charge in [-0.25, -0.2) is 0 Å². The third kappa shape index (κ3) is 9.17. The molecule has 0 saturated heterocycles. The first-order chi connectivity index (χ1) is 1.00. The first-order valence-corrected chi connectivity index (χ1v) is 0.408. The molecule has 3 heteroatoms. The Morgan fingerprint density at radius 3 is 1.25 bits per heavy atom. The number of halogens is 1. The molecule has 0 amide bonds. The van der Waals surface area contributed by atoms with E-state index in [9.17, 15) is 0 Å². The fourth-order valence-electron chi connectivity index (χ4n) is 0. The van der Waals surface area contributed by atoms with E-state index in [4.69, 9.17) is 5.11 Å². The Labute approximate surface area is 72.3 Å². The van der Waals surface area contributed by atoms with Gasteiger partial charge in [0.2, 0.25) is 0 Å². The van der Waals surface area contributed by atoms with E-state index in [1.165, 1.54) is 0 Å². The van der Waals surface area contributed by atoms with Crippen LogP contribution in [-0.2, 0) is 0 Å². The average Bonchev–Trinajstić information content (AvgIpc) is 1.00. The second-order valence-corrected chi connectivity index (χ2v) is 0. The molecule has 0 rings (SSSR count). The monoisotopic (exact) mass is 204 g/mol. The van der Waals surface area contributed by atoms with Crippen LogP contribution in [0, 0.1) is 0 Å². The molecule has 0 heterocycles. The number of hydrogen-bond acceptors (Lipinski definition) is 1. The second-order valence-electron chi connectivity index (χ2n) is 0. The Kier molecular flexibility index (Phi) is 90.2. The van der Waals surface area contributed by atoms with E-state index in [1.807, 2.05) is 0 Å². The van der Waals surface area contributed by atoms with Crippen molar-refractivity contribution in [2.24, 2.45) is 0 Å². The molecule has 22 valence electrons. The van der Waals surface area contributed by atoms with Gasteiger partial charge in [-0.3, -0.25) is 0 Å². The van der Waals surface area contributed by atoms with Crippen molar-refractivity contribution in [2.75, 3.05) is 7.11 Å². The van der Waals surface area contributed by atoms with Gasteiger partial charge in [-0.2, -0.15) is 7.11 Å². The fourth-order valence-corrected chi connectivity index (χ4v) is 0. The van der Waals surface area contributed by atoms with Crippen molar-refractivity contribution < 1.29 is 17.5 Å². The van der Waals surface area contributed by atoms with Crippen molar-refractivity contribution in [1.82, 2.24) is 0 Å². The molecule has 0 aromatic heterocycles. The number of hydrogen-bond donors (Lipinski definition) is 0. The molecule has 0 aromatic rings. The average molecular weight is 204 g/mol. The van der Waals surface area contributed by atoms with Crippen LogP contribution in [0.15, 0.2) is 0 Å². The second kappa shape index (κ2) is 21.2. The summed E-state index contributed by atoms with van der Waals surface area (Å²) in [6.07, 6.45) is 0. The van der Waals surface area contributed by atoms with E-state index in [0.717, 1.165) is 7.11 Å². The molecule has 0 spiro atoms. The van der Waals surface area contributed by atoms with Gasteiger partial charge in [0.15, 0.2) is 0 Å². The normalized spacial score (nSPS) is 1.50. The van der Waals surface area contributed by atoms with E-state index in [-0.39, 0.29) is 61.3 Å².